The van der Waals surface area contributed by atoms with Crippen molar-refractivity contribution in [1.29, 1.82) is 5.26 Å². The van der Waals surface area contributed by atoms with Gasteiger partial charge in [-0.1, -0.05) is 24.3 Å². The SMILES string of the molecule is CC(c1ccc(C=CC(=O)Nc2ccc(-c3nc4ccc(C#N)cc4n3O)cc2)cc1)C(F)(F)F. The fraction of sp³-hybridized carbons (Fsp3) is 0.115. The van der Waals surface area contributed by atoms with E-state index in [1.54, 1.807) is 36.4 Å². The molecule has 176 valence electrons. The highest BCUT2D eigenvalue weighted by Crippen LogP contribution is 2.34. The van der Waals surface area contributed by atoms with Gasteiger partial charge in [0.1, 0.15) is 5.52 Å². The number of imidazole rings is 1. The molecule has 35 heavy (non-hydrogen) atoms. The Hall–Kier alpha value is -4.58. The Morgan fingerprint density at radius 1 is 1.11 bits per heavy atom. The molecule has 0 fully saturated rings. The van der Waals surface area contributed by atoms with Crippen LogP contribution in [0.5, 0.6) is 0 Å². The number of carbonyl (C=O) groups is 1. The van der Waals surface area contributed by atoms with Gasteiger partial charge in [-0.3, -0.25) is 4.79 Å². The van der Waals surface area contributed by atoms with Crippen LogP contribution >= 0.6 is 0 Å². The summed E-state index contributed by atoms with van der Waals surface area (Å²) in [6, 6.07) is 19.3. The molecule has 0 saturated carbocycles. The minimum absolute atomic E-state index is 0.154. The summed E-state index contributed by atoms with van der Waals surface area (Å²) in [5.41, 5.74) is 3.19. The molecule has 0 saturated heterocycles. The summed E-state index contributed by atoms with van der Waals surface area (Å²) < 4.78 is 39.4. The van der Waals surface area contributed by atoms with Crippen LogP contribution in [0.1, 0.15) is 29.5 Å². The Kier molecular flexibility index (Phi) is 6.30. The van der Waals surface area contributed by atoms with E-state index in [1.807, 2.05) is 6.07 Å². The summed E-state index contributed by atoms with van der Waals surface area (Å²) in [5.74, 6) is -1.69. The normalized spacial score (nSPS) is 12.5. The van der Waals surface area contributed by atoms with Gasteiger partial charge in [-0.25, -0.2) is 4.98 Å². The van der Waals surface area contributed by atoms with Crippen molar-refractivity contribution in [2.75, 3.05) is 5.32 Å². The van der Waals surface area contributed by atoms with E-state index in [0.29, 0.717) is 33.4 Å². The fourth-order valence-corrected chi connectivity index (χ4v) is 3.46. The molecule has 0 aliphatic heterocycles. The molecular formula is C26H19F3N4O2. The molecule has 4 aromatic rings. The van der Waals surface area contributed by atoms with Gasteiger partial charge in [0.15, 0.2) is 5.82 Å². The van der Waals surface area contributed by atoms with Crippen LogP contribution in [0, 0.1) is 11.3 Å². The Labute approximate surface area is 198 Å². The van der Waals surface area contributed by atoms with Crippen LogP contribution in [0.3, 0.4) is 0 Å². The summed E-state index contributed by atoms with van der Waals surface area (Å²) in [5, 5.41) is 22.2. The van der Waals surface area contributed by atoms with Crippen molar-refractivity contribution < 1.29 is 23.2 Å². The smallest absolute Gasteiger partial charge is 0.395 e. The predicted octanol–water partition coefficient (Wildman–Crippen LogP) is 6.13. The molecule has 0 bridgehead atoms. The molecule has 9 heteroatoms. The lowest BCUT2D eigenvalue weighted by atomic mass is 9.99. The lowest BCUT2D eigenvalue weighted by Gasteiger charge is -2.15. The van der Waals surface area contributed by atoms with Gasteiger partial charge >= 0.3 is 6.18 Å². The van der Waals surface area contributed by atoms with Gasteiger partial charge in [0.2, 0.25) is 5.91 Å². The number of nitrogens with one attached hydrogen (secondary N) is 1. The maximum Gasteiger partial charge on any atom is 0.395 e. The van der Waals surface area contributed by atoms with E-state index in [9.17, 15) is 23.2 Å². The zero-order valence-electron chi connectivity index (χ0n) is 18.4. The number of hydrogen-bond donors (Lipinski definition) is 2. The van der Waals surface area contributed by atoms with Crippen LogP contribution in [0.25, 0.3) is 28.5 Å². The molecular weight excluding hydrogens is 457 g/mol. The second-order valence-electron chi connectivity index (χ2n) is 7.89. The Morgan fingerprint density at radius 2 is 1.80 bits per heavy atom. The van der Waals surface area contributed by atoms with Crippen molar-refractivity contribution in [2.24, 2.45) is 0 Å². The largest absolute Gasteiger partial charge is 0.426 e. The van der Waals surface area contributed by atoms with E-state index in [4.69, 9.17) is 5.26 Å². The van der Waals surface area contributed by atoms with Gasteiger partial charge in [-0.05, 0) is 66.6 Å². The van der Waals surface area contributed by atoms with Crippen LogP contribution in [-0.2, 0) is 4.79 Å². The van der Waals surface area contributed by atoms with Crippen molar-refractivity contribution in [2.45, 2.75) is 19.0 Å². The van der Waals surface area contributed by atoms with E-state index in [0.717, 1.165) is 11.7 Å². The van der Waals surface area contributed by atoms with Crippen molar-refractivity contribution in [1.82, 2.24) is 9.71 Å². The predicted molar refractivity (Wildman–Crippen MR) is 126 cm³/mol. The molecule has 1 unspecified atom stereocenters. The van der Waals surface area contributed by atoms with Gasteiger partial charge in [0.25, 0.3) is 0 Å². The van der Waals surface area contributed by atoms with Crippen molar-refractivity contribution in [3.8, 4) is 17.5 Å². The lowest BCUT2D eigenvalue weighted by Crippen LogP contribution is -2.17. The third kappa shape index (κ3) is 5.17. The van der Waals surface area contributed by atoms with E-state index < -0.39 is 18.0 Å². The minimum Gasteiger partial charge on any atom is -0.426 e. The van der Waals surface area contributed by atoms with Crippen molar-refractivity contribution in [3.05, 3.63) is 89.5 Å². The summed E-state index contributed by atoms with van der Waals surface area (Å²) >= 11 is 0. The zero-order valence-corrected chi connectivity index (χ0v) is 18.4. The van der Waals surface area contributed by atoms with Crippen molar-refractivity contribution >= 4 is 28.7 Å². The van der Waals surface area contributed by atoms with Crippen molar-refractivity contribution in [3.63, 3.8) is 0 Å². The minimum atomic E-state index is -4.31. The Bertz CT molecular complexity index is 1450. The number of fused-ring (bicyclic) bond motifs is 1. The van der Waals surface area contributed by atoms with Crippen LogP contribution in [-0.4, -0.2) is 27.0 Å². The van der Waals surface area contributed by atoms with Gasteiger partial charge in [0.05, 0.1) is 23.1 Å². The molecule has 1 heterocycles. The number of halogens is 3. The maximum absolute atomic E-state index is 12.8. The highest BCUT2D eigenvalue weighted by atomic mass is 19.4. The number of alkyl halides is 3. The van der Waals surface area contributed by atoms with Gasteiger partial charge in [-0.15, -0.1) is 0 Å². The Balaban J connectivity index is 1.42. The van der Waals surface area contributed by atoms with E-state index >= 15 is 0 Å². The molecule has 1 aromatic heterocycles. The second kappa shape index (κ2) is 9.35. The molecule has 2 N–H and O–H groups in total. The number of benzene rings is 3. The number of nitriles is 1. The van der Waals surface area contributed by atoms with Crippen LogP contribution in [0.2, 0.25) is 0 Å². The quantitative estimate of drug-likeness (QED) is 0.268. The average molecular weight is 476 g/mol. The second-order valence-corrected chi connectivity index (χ2v) is 7.89. The molecule has 0 aliphatic carbocycles. The molecule has 3 aromatic carbocycles. The summed E-state index contributed by atoms with van der Waals surface area (Å²) in [6.07, 6.45) is -1.51. The number of hydrogen-bond acceptors (Lipinski definition) is 4. The molecule has 0 spiro atoms. The highest BCUT2D eigenvalue weighted by Gasteiger charge is 2.36. The first-order valence-corrected chi connectivity index (χ1v) is 10.5. The number of rotatable bonds is 5. The zero-order chi connectivity index (χ0) is 25.2. The first-order chi connectivity index (χ1) is 16.7. The number of amides is 1. The standard InChI is InChI=1S/C26H19F3N4O2/c1-16(26(27,28)29)19-6-2-17(3-7-19)5-13-24(34)31-21-10-8-20(9-11-21)25-32-22-12-4-18(15-30)14-23(22)33(25)35/h2-14,16,35H,1H3,(H,31,34). The number of aromatic nitrogens is 2. The highest BCUT2D eigenvalue weighted by molar-refractivity contribution is 6.02. The molecule has 0 radical (unpaired) electrons. The fourth-order valence-electron chi connectivity index (χ4n) is 3.46. The van der Waals surface area contributed by atoms with Crippen LogP contribution < -0.4 is 5.32 Å². The third-order valence-electron chi connectivity index (χ3n) is 5.52. The van der Waals surface area contributed by atoms with Crippen LogP contribution in [0.15, 0.2) is 72.8 Å². The number of carbonyl (C=O) groups excluding carboxylic acids is 1. The summed E-state index contributed by atoms with van der Waals surface area (Å²) in [4.78, 5) is 16.6. The first-order valence-electron chi connectivity index (χ1n) is 10.5. The lowest BCUT2D eigenvalue weighted by molar-refractivity contribution is -0.146. The van der Waals surface area contributed by atoms with Crippen LogP contribution in [0.4, 0.5) is 18.9 Å². The monoisotopic (exact) mass is 476 g/mol. The topological polar surface area (TPSA) is 90.9 Å². The van der Waals surface area contributed by atoms with Gasteiger partial charge in [-0.2, -0.15) is 23.2 Å². The first kappa shape index (κ1) is 23.6. The molecule has 1 amide bonds. The number of anilines is 1. The Morgan fingerprint density at radius 3 is 2.43 bits per heavy atom. The number of nitrogens with zero attached hydrogens (tertiary/aromatic N) is 3. The molecule has 1 atom stereocenters. The molecule has 6 nitrogen and oxygen atoms in total. The maximum atomic E-state index is 12.8. The van der Waals surface area contributed by atoms with E-state index in [-0.39, 0.29) is 11.4 Å². The summed E-state index contributed by atoms with van der Waals surface area (Å²) in [6.45, 7) is 1.10. The van der Waals surface area contributed by atoms with E-state index in [2.05, 4.69) is 10.3 Å². The molecule has 0 aliphatic rings. The van der Waals surface area contributed by atoms with Gasteiger partial charge in [0, 0.05) is 17.3 Å². The third-order valence-corrected chi connectivity index (χ3v) is 5.52. The van der Waals surface area contributed by atoms with Gasteiger partial charge < -0.3 is 10.5 Å². The average Bonchev–Trinajstić information content (AvgIpc) is 3.18. The van der Waals surface area contributed by atoms with E-state index in [1.165, 1.54) is 42.5 Å². The molecule has 4 rings (SSSR count). The summed E-state index contributed by atoms with van der Waals surface area (Å²) in [7, 11) is 0.